The highest BCUT2D eigenvalue weighted by molar-refractivity contribution is 5.83. The van der Waals surface area contributed by atoms with Gasteiger partial charge >= 0.3 is 0 Å². The van der Waals surface area contributed by atoms with Crippen LogP contribution in [-0.2, 0) is 6.42 Å². The van der Waals surface area contributed by atoms with Crippen LogP contribution in [0.4, 0.5) is 0 Å². The van der Waals surface area contributed by atoms with Gasteiger partial charge in [0.05, 0.1) is 12.3 Å². The summed E-state index contributed by atoms with van der Waals surface area (Å²) in [4.78, 5) is 2.50. The van der Waals surface area contributed by atoms with Crippen LogP contribution in [0, 0.1) is 0 Å². The third-order valence-corrected chi connectivity index (χ3v) is 3.64. The quantitative estimate of drug-likeness (QED) is 0.360. The van der Waals surface area contributed by atoms with Gasteiger partial charge in [-0.05, 0) is 57.0 Å². The fourth-order valence-electron chi connectivity index (χ4n) is 2.52. The number of hydrogen-bond donors (Lipinski definition) is 1. The van der Waals surface area contributed by atoms with Crippen LogP contribution in [0.5, 0.6) is 5.75 Å². The minimum absolute atomic E-state index is 0.672. The van der Waals surface area contributed by atoms with Gasteiger partial charge in [-0.3, -0.25) is 0 Å². The molecule has 0 saturated carbocycles. The lowest BCUT2D eigenvalue weighted by Gasteiger charge is -2.14. The van der Waals surface area contributed by atoms with Crippen molar-refractivity contribution in [2.75, 3.05) is 26.2 Å². The van der Waals surface area contributed by atoms with Gasteiger partial charge in [0.1, 0.15) is 5.75 Å². The molecule has 1 N–H and O–H groups in total. The van der Waals surface area contributed by atoms with E-state index in [-0.39, 0.29) is 0 Å². The summed E-state index contributed by atoms with van der Waals surface area (Å²) in [5.41, 5.74) is 1.84. The molecule has 0 bridgehead atoms. The van der Waals surface area contributed by atoms with E-state index in [9.17, 15) is 0 Å². The normalized spacial score (nSPS) is 16.6. The number of likely N-dealkylation sites (tertiary alicyclic amines) is 1. The molecule has 0 spiro atoms. The van der Waals surface area contributed by atoms with Crippen LogP contribution in [0.2, 0.25) is 0 Å². The molecule has 0 amide bonds. The lowest BCUT2D eigenvalue weighted by molar-refractivity contribution is 0.263. The molecule has 1 aliphatic heterocycles. The Bertz CT molecular complexity index is 423. The fourth-order valence-corrected chi connectivity index (χ4v) is 2.52. The number of rotatable bonds is 7. The smallest absolute Gasteiger partial charge is 0.119 e. The second-order valence-corrected chi connectivity index (χ2v) is 5.41. The van der Waals surface area contributed by atoms with Crippen molar-refractivity contribution in [1.82, 2.24) is 4.90 Å². The van der Waals surface area contributed by atoms with Crippen LogP contribution in [0.15, 0.2) is 29.4 Å². The van der Waals surface area contributed by atoms with Crippen LogP contribution in [0.3, 0.4) is 0 Å². The Morgan fingerprint density at radius 2 is 1.95 bits per heavy atom. The molecule has 1 aromatic rings. The molecular weight excluding hydrogens is 252 g/mol. The number of benzene rings is 1. The molecule has 110 valence electrons. The third-order valence-electron chi connectivity index (χ3n) is 3.64. The van der Waals surface area contributed by atoms with Crippen LogP contribution in [0.25, 0.3) is 0 Å². The molecule has 1 aromatic carbocycles. The standard InChI is InChI=1S/C16H24N2O2/c1-14(17-19)13-15-5-7-16(8-6-15)20-12-4-11-18-9-2-3-10-18/h5-8,19H,2-4,9-13H2,1H3/b17-14-. The van der Waals surface area contributed by atoms with Gasteiger partial charge in [0.15, 0.2) is 0 Å². The lowest BCUT2D eigenvalue weighted by Crippen LogP contribution is -2.21. The van der Waals surface area contributed by atoms with E-state index in [4.69, 9.17) is 9.94 Å². The van der Waals surface area contributed by atoms with E-state index < -0.39 is 0 Å². The molecular formula is C16H24N2O2. The van der Waals surface area contributed by atoms with E-state index in [2.05, 4.69) is 10.1 Å². The van der Waals surface area contributed by atoms with Crippen molar-refractivity contribution in [3.8, 4) is 5.75 Å². The Hall–Kier alpha value is -1.55. The maximum absolute atomic E-state index is 8.64. The first-order valence-electron chi connectivity index (χ1n) is 7.39. The van der Waals surface area contributed by atoms with Gasteiger partial charge < -0.3 is 14.8 Å². The molecule has 1 aliphatic rings. The van der Waals surface area contributed by atoms with Crippen molar-refractivity contribution in [3.63, 3.8) is 0 Å². The number of nitrogens with zero attached hydrogens (tertiary/aromatic N) is 2. The minimum atomic E-state index is 0.672. The average molecular weight is 276 g/mol. The van der Waals surface area contributed by atoms with E-state index in [0.717, 1.165) is 30.9 Å². The molecule has 4 heteroatoms. The molecule has 0 unspecified atom stereocenters. The van der Waals surface area contributed by atoms with E-state index in [0.29, 0.717) is 12.1 Å². The molecule has 1 saturated heterocycles. The van der Waals surface area contributed by atoms with Crippen LogP contribution in [0.1, 0.15) is 31.7 Å². The van der Waals surface area contributed by atoms with E-state index in [1.54, 1.807) is 0 Å². The molecule has 0 aliphatic carbocycles. The summed E-state index contributed by atoms with van der Waals surface area (Å²) in [5.74, 6) is 0.911. The van der Waals surface area contributed by atoms with Gasteiger partial charge in [-0.15, -0.1) is 0 Å². The first-order valence-corrected chi connectivity index (χ1v) is 7.39. The second kappa shape index (κ2) is 7.90. The van der Waals surface area contributed by atoms with Gasteiger partial charge in [0, 0.05) is 13.0 Å². The monoisotopic (exact) mass is 276 g/mol. The summed E-state index contributed by atoms with van der Waals surface area (Å²) >= 11 is 0. The van der Waals surface area contributed by atoms with Crippen LogP contribution >= 0.6 is 0 Å². The summed E-state index contributed by atoms with van der Waals surface area (Å²) in [6.07, 6.45) is 4.45. The minimum Gasteiger partial charge on any atom is -0.494 e. The number of oxime groups is 1. The highest BCUT2D eigenvalue weighted by Gasteiger charge is 2.10. The predicted molar refractivity (Wildman–Crippen MR) is 80.8 cm³/mol. The second-order valence-electron chi connectivity index (χ2n) is 5.41. The largest absolute Gasteiger partial charge is 0.494 e. The summed E-state index contributed by atoms with van der Waals surface area (Å²) in [6, 6.07) is 8.00. The molecule has 2 rings (SSSR count). The Kier molecular flexibility index (Phi) is 5.87. The zero-order valence-electron chi connectivity index (χ0n) is 12.2. The highest BCUT2D eigenvalue weighted by Crippen LogP contribution is 2.14. The zero-order chi connectivity index (χ0) is 14.2. The average Bonchev–Trinajstić information content (AvgIpc) is 2.98. The van der Waals surface area contributed by atoms with Gasteiger partial charge in [0.2, 0.25) is 0 Å². The summed E-state index contributed by atoms with van der Waals surface area (Å²) in [6.45, 7) is 6.22. The van der Waals surface area contributed by atoms with Crippen molar-refractivity contribution in [2.45, 2.75) is 32.6 Å². The van der Waals surface area contributed by atoms with Crippen molar-refractivity contribution in [3.05, 3.63) is 29.8 Å². The zero-order valence-corrected chi connectivity index (χ0v) is 12.2. The summed E-state index contributed by atoms with van der Waals surface area (Å²) in [5, 5.41) is 11.8. The highest BCUT2D eigenvalue weighted by atomic mass is 16.5. The molecule has 0 aromatic heterocycles. The van der Waals surface area contributed by atoms with E-state index in [1.807, 2.05) is 31.2 Å². The molecule has 20 heavy (non-hydrogen) atoms. The SMILES string of the molecule is C/C(Cc1ccc(OCCCN2CCCC2)cc1)=N/O. The summed E-state index contributed by atoms with van der Waals surface area (Å²) < 4.78 is 5.75. The Morgan fingerprint density at radius 3 is 2.60 bits per heavy atom. The van der Waals surface area contributed by atoms with Gasteiger partial charge in [-0.25, -0.2) is 0 Å². The van der Waals surface area contributed by atoms with Gasteiger partial charge in [0.25, 0.3) is 0 Å². The van der Waals surface area contributed by atoms with Crippen molar-refractivity contribution < 1.29 is 9.94 Å². The molecule has 0 atom stereocenters. The Labute approximate surface area is 121 Å². The Morgan fingerprint density at radius 1 is 1.25 bits per heavy atom. The van der Waals surface area contributed by atoms with Crippen LogP contribution in [-0.4, -0.2) is 42.1 Å². The van der Waals surface area contributed by atoms with Crippen molar-refractivity contribution in [1.29, 1.82) is 0 Å². The third kappa shape index (κ3) is 4.85. The van der Waals surface area contributed by atoms with Crippen molar-refractivity contribution >= 4 is 5.71 Å². The predicted octanol–water partition coefficient (Wildman–Crippen LogP) is 2.94. The van der Waals surface area contributed by atoms with Gasteiger partial charge in [-0.2, -0.15) is 0 Å². The lowest BCUT2D eigenvalue weighted by atomic mass is 10.1. The maximum atomic E-state index is 8.64. The molecule has 4 nitrogen and oxygen atoms in total. The number of hydrogen-bond acceptors (Lipinski definition) is 4. The molecule has 1 heterocycles. The molecule has 0 radical (unpaired) electrons. The molecule has 1 fully saturated rings. The topological polar surface area (TPSA) is 45.1 Å². The van der Waals surface area contributed by atoms with Gasteiger partial charge in [-0.1, -0.05) is 17.3 Å². The van der Waals surface area contributed by atoms with E-state index in [1.165, 1.54) is 25.9 Å². The maximum Gasteiger partial charge on any atom is 0.119 e. The van der Waals surface area contributed by atoms with Crippen molar-refractivity contribution in [2.24, 2.45) is 5.16 Å². The fraction of sp³-hybridized carbons (Fsp3) is 0.562. The van der Waals surface area contributed by atoms with Crippen LogP contribution < -0.4 is 4.74 Å². The van der Waals surface area contributed by atoms with E-state index >= 15 is 0 Å². The number of ether oxygens (including phenoxy) is 1. The summed E-state index contributed by atoms with van der Waals surface area (Å²) in [7, 11) is 0. The first-order chi connectivity index (χ1) is 9.78. The first kappa shape index (κ1) is 14.9. The Balaban J connectivity index is 1.67.